The summed E-state index contributed by atoms with van der Waals surface area (Å²) in [5.74, 6) is -0.151. The first-order valence-corrected chi connectivity index (χ1v) is 5.98. The Bertz CT molecular complexity index is 450. The Hall–Kier alpha value is -1.69. The standard InChI is InChI=1S/C12H17N3O3/c1-7-5-13-8(2)11(15-7)14-6-9-3-4-10(18-9)12(16)17/h5,9-10H,3-4,6H2,1-2H3,(H,14,15)(H,16,17). The second-order valence-corrected chi connectivity index (χ2v) is 4.49. The van der Waals surface area contributed by atoms with E-state index in [4.69, 9.17) is 9.84 Å². The average molecular weight is 251 g/mol. The van der Waals surface area contributed by atoms with Gasteiger partial charge >= 0.3 is 5.97 Å². The van der Waals surface area contributed by atoms with E-state index in [1.807, 2.05) is 13.8 Å². The molecule has 0 aromatic carbocycles. The van der Waals surface area contributed by atoms with Crippen LogP contribution in [0.4, 0.5) is 5.82 Å². The molecule has 2 unspecified atom stereocenters. The molecule has 1 saturated heterocycles. The number of nitrogens with one attached hydrogen (secondary N) is 1. The van der Waals surface area contributed by atoms with E-state index < -0.39 is 12.1 Å². The van der Waals surface area contributed by atoms with Gasteiger partial charge < -0.3 is 15.2 Å². The molecule has 2 atom stereocenters. The second-order valence-electron chi connectivity index (χ2n) is 4.49. The maximum absolute atomic E-state index is 10.8. The van der Waals surface area contributed by atoms with Crippen molar-refractivity contribution in [1.29, 1.82) is 0 Å². The van der Waals surface area contributed by atoms with Gasteiger partial charge in [0.05, 0.1) is 17.5 Å². The molecule has 0 spiro atoms. The van der Waals surface area contributed by atoms with Crippen LogP contribution in [0.25, 0.3) is 0 Å². The van der Waals surface area contributed by atoms with Crippen molar-refractivity contribution in [3.63, 3.8) is 0 Å². The zero-order chi connectivity index (χ0) is 13.1. The lowest BCUT2D eigenvalue weighted by Gasteiger charge is -2.13. The second kappa shape index (κ2) is 5.30. The number of anilines is 1. The van der Waals surface area contributed by atoms with Gasteiger partial charge in [-0.2, -0.15) is 0 Å². The molecule has 2 N–H and O–H groups in total. The fourth-order valence-corrected chi connectivity index (χ4v) is 1.95. The number of rotatable bonds is 4. The van der Waals surface area contributed by atoms with Gasteiger partial charge in [0, 0.05) is 12.7 Å². The zero-order valence-electron chi connectivity index (χ0n) is 10.5. The van der Waals surface area contributed by atoms with Crippen LogP contribution in [0.2, 0.25) is 0 Å². The SMILES string of the molecule is Cc1cnc(C)c(NCC2CCC(C(=O)O)O2)n1. The van der Waals surface area contributed by atoms with E-state index in [9.17, 15) is 4.79 Å². The molecular weight excluding hydrogens is 234 g/mol. The van der Waals surface area contributed by atoms with Crippen LogP contribution in [-0.4, -0.2) is 39.8 Å². The van der Waals surface area contributed by atoms with Gasteiger partial charge in [0.25, 0.3) is 0 Å². The number of aliphatic carboxylic acids is 1. The maximum Gasteiger partial charge on any atom is 0.332 e. The molecule has 0 radical (unpaired) electrons. The topological polar surface area (TPSA) is 84.3 Å². The molecule has 1 aromatic rings. The van der Waals surface area contributed by atoms with Crippen molar-refractivity contribution in [3.05, 3.63) is 17.6 Å². The van der Waals surface area contributed by atoms with E-state index in [1.165, 1.54) is 0 Å². The highest BCUT2D eigenvalue weighted by molar-refractivity contribution is 5.72. The minimum atomic E-state index is -0.885. The van der Waals surface area contributed by atoms with Crippen molar-refractivity contribution in [1.82, 2.24) is 9.97 Å². The van der Waals surface area contributed by atoms with Crippen molar-refractivity contribution in [2.45, 2.75) is 38.9 Å². The van der Waals surface area contributed by atoms with Crippen molar-refractivity contribution >= 4 is 11.8 Å². The van der Waals surface area contributed by atoms with Crippen LogP contribution in [0.15, 0.2) is 6.20 Å². The molecule has 1 aliphatic heterocycles. The number of ether oxygens (including phenoxy) is 1. The monoisotopic (exact) mass is 251 g/mol. The molecule has 2 heterocycles. The summed E-state index contributed by atoms with van der Waals surface area (Å²) in [4.78, 5) is 19.3. The van der Waals surface area contributed by atoms with Gasteiger partial charge in [-0.1, -0.05) is 0 Å². The van der Waals surface area contributed by atoms with E-state index in [1.54, 1.807) is 6.20 Å². The zero-order valence-corrected chi connectivity index (χ0v) is 10.5. The third-order valence-corrected chi connectivity index (χ3v) is 2.96. The summed E-state index contributed by atoms with van der Waals surface area (Å²) in [5, 5.41) is 12.0. The summed E-state index contributed by atoms with van der Waals surface area (Å²) in [5.41, 5.74) is 1.67. The van der Waals surface area contributed by atoms with Crippen molar-refractivity contribution < 1.29 is 14.6 Å². The summed E-state index contributed by atoms with van der Waals surface area (Å²) in [6, 6.07) is 0. The Labute approximate surface area is 105 Å². The highest BCUT2D eigenvalue weighted by Crippen LogP contribution is 2.20. The summed E-state index contributed by atoms with van der Waals surface area (Å²) in [7, 11) is 0. The van der Waals surface area contributed by atoms with Gasteiger partial charge in [0.1, 0.15) is 5.82 Å². The Morgan fingerprint density at radius 2 is 2.33 bits per heavy atom. The molecular formula is C12H17N3O3. The van der Waals surface area contributed by atoms with Crippen LogP contribution in [-0.2, 0) is 9.53 Å². The number of carbonyl (C=O) groups is 1. The molecule has 1 aliphatic rings. The highest BCUT2D eigenvalue weighted by Gasteiger charge is 2.30. The number of carboxylic acids is 1. The van der Waals surface area contributed by atoms with Crippen LogP contribution >= 0.6 is 0 Å². The minimum Gasteiger partial charge on any atom is -0.479 e. The van der Waals surface area contributed by atoms with E-state index in [0.29, 0.717) is 13.0 Å². The molecule has 98 valence electrons. The Kier molecular flexibility index (Phi) is 3.76. The number of aromatic nitrogens is 2. The first-order chi connectivity index (χ1) is 8.56. The van der Waals surface area contributed by atoms with Gasteiger partial charge in [0.15, 0.2) is 6.10 Å². The molecule has 0 amide bonds. The number of nitrogens with zero attached hydrogens (tertiary/aromatic N) is 2. The van der Waals surface area contributed by atoms with Crippen molar-refractivity contribution in [3.8, 4) is 0 Å². The quantitative estimate of drug-likeness (QED) is 0.834. The molecule has 1 fully saturated rings. The van der Waals surface area contributed by atoms with Crippen molar-refractivity contribution in [2.75, 3.05) is 11.9 Å². The smallest absolute Gasteiger partial charge is 0.332 e. The van der Waals surface area contributed by atoms with Gasteiger partial charge in [-0.15, -0.1) is 0 Å². The fraction of sp³-hybridized carbons (Fsp3) is 0.583. The van der Waals surface area contributed by atoms with Gasteiger partial charge in [-0.3, -0.25) is 4.98 Å². The molecule has 0 saturated carbocycles. The summed E-state index contributed by atoms with van der Waals surface area (Å²) < 4.78 is 5.40. The van der Waals surface area contributed by atoms with E-state index in [-0.39, 0.29) is 6.10 Å². The Balaban J connectivity index is 1.89. The van der Waals surface area contributed by atoms with E-state index in [2.05, 4.69) is 15.3 Å². The largest absolute Gasteiger partial charge is 0.479 e. The predicted octanol–water partition coefficient (Wildman–Crippen LogP) is 1.14. The molecule has 2 rings (SSSR count). The Morgan fingerprint density at radius 3 is 3.00 bits per heavy atom. The number of hydrogen-bond donors (Lipinski definition) is 2. The summed E-state index contributed by atoms with van der Waals surface area (Å²) >= 11 is 0. The number of aryl methyl sites for hydroxylation is 2. The van der Waals surface area contributed by atoms with Crippen LogP contribution in [0.3, 0.4) is 0 Å². The Morgan fingerprint density at radius 1 is 1.56 bits per heavy atom. The van der Waals surface area contributed by atoms with E-state index in [0.717, 1.165) is 23.6 Å². The fourth-order valence-electron chi connectivity index (χ4n) is 1.95. The van der Waals surface area contributed by atoms with Gasteiger partial charge in [0.2, 0.25) is 0 Å². The molecule has 18 heavy (non-hydrogen) atoms. The van der Waals surface area contributed by atoms with Crippen LogP contribution in [0.5, 0.6) is 0 Å². The lowest BCUT2D eigenvalue weighted by atomic mass is 10.2. The van der Waals surface area contributed by atoms with Crippen LogP contribution in [0, 0.1) is 13.8 Å². The number of carboxylic acid groups (broad SMARTS) is 1. The van der Waals surface area contributed by atoms with Gasteiger partial charge in [-0.25, -0.2) is 9.78 Å². The first-order valence-electron chi connectivity index (χ1n) is 5.98. The van der Waals surface area contributed by atoms with Crippen molar-refractivity contribution in [2.24, 2.45) is 0 Å². The van der Waals surface area contributed by atoms with Crippen LogP contribution in [0.1, 0.15) is 24.2 Å². The third-order valence-electron chi connectivity index (χ3n) is 2.96. The lowest BCUT2D eigenvalue weighted by Crippen LogP contribution is -2.25. The predicted molar refractivity (Wildman–Crippen MR) is 65.5 cm³/mol. The number of hydrogen-bond acceptors (Lipinski definition) is 5. The molecule has 0 bridgehead atoms. The highest BCUT2D eigenvalue weighted by atomic mass is 16.5. The van der Waals surface area contributed by atoms with E-state index >= 15 is 0 Å². The molecule has 6 heteroatoms. The maximum atomic E-state index is 10.8. The summed E-state index contributed by atoms with van der Waals surface area (Å²) in [6.45, 7) is 4.32. The lowest BCUT2D eigenvalue weighted by molar-refractivity contribution is -0.149. The normalized spacial score (nSPS) is 23.0. The van der Waals surface area contributed by atoms with Crippen LogP contribution < -0.4 is 5.32 Å². The van der Waals surface area contributed by atoms with Gasteiger partial charge in [-0.05, 0) is 26.7 Å². The average Bonchev–Trinajstić information content (AvgIpc) is 2.79. The third kappa shape index (κ3) is 2.95. The first kappa shape index (κ1) is 12.8. The molecule has 1 aromatic heterocycles. The molecule has 0 aliphatic carbocycles. The summed E-state index contributed by atoms with van der Waals surface area (Å²) in [6.07, 6.45) is 2.30. The molecule has 6 nitrogen and oxygen atoms in total. The minimum absolute atomic E-state index is 0.0761.